The van der Waals surface area contributed by atoms with Crippen molar-refractivity contribution in [1.29, 1.82) is 0 Å². The fourth-order valence-corrected chi connectivity index (χ4v) is 2.93. The Labute approximate surface area is 141 Å². The van der Waals surface area contributed by atoms with Gasteiger partial charge in [-0.15, -0.1) is 0 Å². The van der Waals surface area contributed by atoms with Gasteiger partial charge in [-0.25, -0.2) is 9.97 Å². The van der Waals surface area contributed by atoms with E-state index in [9.17, 15) is 4.79 Å². The first-order chi connectivity index (χ1) is 11.7. The third-order valence-corrected chi connectivity index (χ3v) is 4.26. The van der Waals surface area contributed by atoms with Crippen molar-refractivity contribution in [2.24, 2.45) is 5.92 Å². The van der Waals surface area contributed by atoms with Crippen LogP contribution < -0.4 is 10.1 Å². The number of nitrogens with one attached hydrogen (secondary N) is 1. The van der Waals surface area contributed by atoms with Crippen LogP contribution in [0.1, 0.15) is 28.1 Å². The molecule has 0 spiro atoms. The summed E-state index contributed by atoms with van der Waals surface area (Å²) in [6, 6.07) is 2.18. The lowest BCUT2D eigenvalue weighted by Crippen LogP contribution is -2.31. The van der Waals surface area contributed by atoms with Crippen molar-refractivity contribution < 1.29 is 13.9 Å². The molecule has 0 aromatic carbocycles. The van der Waals surface area contributed by atoms with E-state index < -0.39 is 0 Å². The van der Waals surface area contributed by atoms with E-state index in [4.69, 9.17) is 9.15 Å². The van der Waals surface area contributed by atoms with E-state index in [1.54, 1.807) is 31.8 Å². The predicted octanol–water partition coefficient (Wildman–Crippen LogP) is 1.64. The maximum absolute atomic E-state index is 12.1. The number of hydrogen-bond donors (Lipinski definition) is 1. The summed E-state index contributed by atoms with van der Waals surface area (Å²) in [5.74, 6) is 0.711. The van der Waals surface area contributed by atoms with E-state index in [1.165, 1.54) is 0 Å². The Balaban J connectivity index is 1.45. The van der Waals surface area contributed by atoms with Crippen LogP contribution in [0.25, 0.3) is 0 Å². The summed E-state index contributed by atoms with van der Waals surface area (Å²) in [6.07, 6.45) is 6.19. The second-order valence-corrected chi connectivity index (χ2v) is 6.11. The Morgan fingerprint density at radius 3 is 2.92 bits per heavy atom. The molecule has 0 saturated carbocycles. The Bertz CT molecular complexity index is 683. The van der Waals surface area contributed by atoms with E-state index in [2.05, 4.69) is 20.2 Å². The molecule has 0 radical (unpaired) electrons. The molecular formula is C17H22N4O3. The summed E-state index contributed by atoms with van der Waals surface area (Å²) in [4.78, 5) is 22.7. The quantitative estimate of drug-likeness (QED) is 0.867. The molecule has 1 fully saturated rings. The average Bonchev–Trinajstić information content (AvgIpc) is 3.22. The minimum absolute atomic E-state index is 0.139. The lowest BCUT2D eigenvalue weighted by Gasteiger charge is -2.16. The van der Waals surface area contributed by atoms with Gasteiger partial charge in [0.2, 0.25) is 0 Å². The van der Waals surface area contributed by atoms with Crippen LogP contribution in [0, 0.1) is 12.8 Å². The molecule has 1 N–H and O–H groups in total. The topological polar surface area (TPSA) is 80.5 Å². The number of ether oxygens (including phenoxy) is 1. The molecule has 0 unspecified atom stereocenters. The van der Waals surface area contributed by atoms with Crippen molar-refractivity contribution >= 4 is 5.91 Å². The first kappa shape index (κ1) is 16.4. The Morgan fingerprint density at radius 2 is 2.25 bits per heavy atom. The molecule has 1 amide bonds. The molecule has 24 heavy (non-hydrogen) atoms. The molecule has 1 atom stereocenters. The zero-order valence-electron chi connectivity index (χ0n) is 14.0. The molecule has 1 aliphatic rings. The fraction of sp³-hybridized carbons (Fsp3) is 0.471. The van der Waals surface area contributed by atoms with E-state index >= 15 is 0 Å². The van der Waals surface area contributed by atoms with Crippen molar-refractivity contribution in [2.45, 2.75) is 19.9 Å². The normalized spacial score (nSPS) is 17.8. The molecule has 2 aromatic rings. The maximum atomic E-state index is 12.1. The maximum Gasteiger partial charge on any atom is 0.316 e. The van der Waals surface area contributed by atoms with Gasteiger partial charge < -0.3 is 14.5 Å². The summed E-state index contributed by atoms with van der Waals surface area (Å²) >= 11 is 0. The van der Waals surface area contributed by atoms with Gasteiger partial charge in [0, 0.05) is 43.2 Å². The molecule has 2 aromatic heterocycles. The van der Waals surface area contributed by atoms with Gasteiger partial charge in [0.25, 0.3) is 5.91 Å². The number of rotatable bonds is 6. The first-order valence-corrected chi connectivity index (χ1v) is 8.05. The molecule has 0 bridgehead atoms. The van der Waals surface area contributed by atoms with E-state index in [1.807, 2.05) is 6.92 Å². The molecule has 3 heterocycles. The molecule has 7 heteroatoms. The summed E-state index contributed by atoms with van der Waals surface area (Å²) < 4.78 is 10.2. The van der Waals surface area contributed by atoms with E-state index in [-0.39, 0.29) is 5.91 Å². The fourth-order valence-electron chi connectivity index (χ4n) is 2.93. The summed E-state index contributed by atoms with van der Waals surface area (Å²) in [5, 5.41) is 2.97. The van der Waals surface area contributed by atoms with Gasteiger partial charge >= 0.3 is 6.01 Å². The first-order valence-electron chi connectivity index (χ1n) is 8.05. The SMILES string of the molecule is COc1ncc(CN2CC[C@H](CNC(=O)c3occc3C)C2)cn1. The highest BCUT2D eigenvalue weighted by molar-refractivity contribution is 5.92. The van der Waals surface area contributed by atoms with Gasteiger partial charge in [-0.05, 0) is 31.9 Å². The minimum atomic E-state index is -0.139. The minimum Gasteiger partial charge on any atom is -0.467 e. The van der Waals surface area contributed by atoms with Gasteiger partial charge in [0.05, 0.1) is 13.4 Å². The van der Waals surface area contributed by atoms with Crippen LogP contribution >= 0.6 is 0 Å². The molecule has 1 aliphatic heterocycles. The number of likely N-dealkylation sites (tertiary alicyclic amines) is 1. The third kappa shape index (κ3) is 3.91. The van der Waals surface area contributed by atoms with E-state index in [0.717, 1.165) is 37.2 Å². The zero-order chi connectivity index (χ0) is 16.9. The average molecular weight is 330 g/mol. The van der Waals surface area contributed by atoms with Gasteiger partial charge in [-0.2, -0.15) is 0 Å². The third-order valence-electron chi connectivity index (χ3n) is 4.26. The lowest BCUT2D eigenvalue weighted by atomic mass is 10.1. The van der Waals surface area contributed by atoms with Crippen LogP contribution in [-0.4, -0.2) is 47.5 Å². The Hall–Kier alpha value is -2.41. The zero-order valence-corrected chi connectivity index (χ0v) is 14.0. The monoisotopic (exact) mass is 330 g/mol. The number of aryl methyl sites for hydroxylation is 1. The van der Waals surface area contributed by atoms with Gasteiger partial charge in [0.15, 0.2) is 5.76 Å². The Kier molecular flexibility index (Phi) is 5.10. The number of aromatic nitrogens is 2. The number of methoxy groups -OCH3 is 1. The number of amides is 1. The number of carbonyl (C=O) groups is 1. The summed E-state index contributed by atoms with van der Waals surface area (Å²) in [7, 11) is 1.55. The Morgan fingerprint density at radius 1 is 1.46 bits per heavy atom. The molecule has 128 valence electrons. The van der Waals surface area contributed by atoms with Crippen LogP contribution in [0.5, 0.6) is 6.01 Å². The summed E-state index contributed by atoms with van der Waals surface area (Å²) in [5.41, 5.74) is 1.92. The van der Waals surface area contributed by atoms with Gasteiger partial charge in [0.1, 0.15) is 0 Å². The molecule has 3 rings (SSSR count). The van der Waals surface area contributed by atoms with Crippen molar-refractivity contribution in [3.63, 3.8) is 0 Å². The molecular weight excluding hydrogens is 308 g/mol. The molecule has 0 aliphatic carbocycles. The molecule has 1 saturated heterocycles. The van der Waals surface area contributed by atoms with Crippen molar-refractivity contribution in [3.05, 3.63) is 41.6 Å². The van der Waals surface area contributed by atoms with Crippen LogP contribution in [0.15, 0.2) is 29.1 Å². The highest BCUT2D eigenvalue weighted by Crippen LogP contribution is 2.18. The molecule has 7 nitrogen and oxygen atoms in total. The number of nitrogens with zero attached hydrogens (tertiary/aromatic N) is 3. The lowest BCUT2D eigenvalue weighted by molar-refractivity contribution is 0.0918. The van der Waals surface area contributed by atoms with Crippen LogP contribution in [-0.2, 0) is 6.54 Å². The predicted molar refractivity (Wildman–Crippen MR) is 87.7 cm³/mol. The highest BCUT2D eigenvalue weighted by atomic mass is 16.5. The largest absolute Gasteiger partial charge is 0.467 e. The summed E-state index contributed by atoms with van der Waals surface area (Å²) in [6.45, 7) is 5.29. The smallest absolute Gasteiger partial charge is 0.316 e. The number of carbonyl (C=O) groups excluding carboxylic acids is 1. The second-order valence-electron chi connectivity index (χ2n) is 6.11. The van der Waals surface area contributed by atoms with Crippen LogP contribution in [0.3, 0.4) is 0 Å². The van der Waals surface area contributed by atoms with Gasteiger partial charge in [-0.1, -0.05) is 0 Å². The standard InChI is InChI=1S/C17H22N4O3/c1-12-4-6-24-15(12)16(22)18-7-13-3-5-21(10-13)11-14-8-19-17(23-2)20-9-14/h4,6,8-9,13H,3,5,7,10-11H2,1-2H3,(H,18,22)/t13-/m1/s1. The van der Waals surface area contributed by atoms with Crippen molar-refractivity contribution in [3.8, 4) is 6.01 Å². The van der Waals surface area contributed by atoms with Crippen LogP contribution in [0.2, 0.25) is 0 Å². The van der Waals surface area contributed by atoms with Crippen molar-refractivity contribution in [2.75, 3.05) is 26.7 Å². The second kappa shape index (κ2) is 7.44. The number of furan rings is 1. The van der Waals surface area contributed by atoms with E-state index in [0.29, 0.717) is 24.2 Å². The number of hydrogen-bond acceptors (Lipinski definition) is 6. The van der Waals surface area contributed by atoms with Gasteiger partial charge in [-0.3, -0.25) is 9.69 Å². The van der Waals surface area contributed by atoms with Crippen LogP contribution in [0.4, 0.5) is 0 Å². The van der Waals surface area contributed by atoms with Crippen molar-refractivity contribution in [1.82, 2.24) is 20.2 Å². The highest BCUT2D eigenvalue weighted by Gasteiger charge is 2.24.